The van der Waals surface area contributed by atoms with Crippen molar-refractivity contribution >= 4 is 5.69 Å². The van der Waals surface area contributed by atoms with Gasteiger partial charge < -0.3 is 5.32 Å². The number of nitro benzene ring substituents is 1. The summed E-state index contributed by atoms with van der Waals surface area (Å²) in [6.07, 6.45) is 7.86. The first-order valence-corrected chi connectivity index (χ1v) is 6.72. The number of benzene rings is 1. The Bertz CT molecular complexity index is 381. The largest absolute Gasteiger partial charge is 0.310 e. The van der Waals surface area contributed by atoms with E-state index >= 15 is 0 Å². The smallest absolute Gasteiger partial charge is 0.269 e. The number of hydrogen-bond donors (Lipinski definition) is 1. The molecule has 1 aromatic carbocycles. The van der Waals surface area contributed by atoms with Gasteiger partial charge in [0.1, 0.15) is 0 Å². The highest BCUT2D eigenvalue weighted by Gasteiger charge is 2.11. The molecule has 18 heavy (non-hydrogen) atoms. The molecule has 0 saturated heterocycles. The van der Waals surface area contributed by atoms with Crippen LogP contribution in [0.1, 0.15) is 44.1 Å². The summed E-state index contributed by atoms with van der Waals surface area (Å²) in [4.78, 5) is 10.2. The molecule has 0 heterocycles. The van der Waals surface area contributed by atoms with E-state index < -0.39 is 0 Å². The minimum atomic E-state index is -0.359. The van der Waals surface area contributed by atoms with Gasteiger partial charge in [-0.1, -0.05) is 37.8 Å². The van der Waals surface area contributed by atoms with E-state index in [0.717, 1.165) is 12.1 Å². The van der Waals surface area contributed by atoms with Crippen LogP contribution in [0.2, 0.25) is 0 Å². The molecule has 2 rings (SSSR count). The summed E-state index contributed by atoms with van der Waals surface area (Å²) in [5.74, 6) is 0. The SMILES string of the molecule is O=[N+]([O-])c1ccc(CNC2CCCCCC2)cc1. The molecule has 98 valence electrons. The highest BCUT2D eigenvalue weighted by Crippen LogP contribution is 2.18. The molecule has 0 amide bonds. The Morgan fingerprint density at radius 2 is 1.72 bits per heavy atom. The van der Waals surface area contributed by atoms with Crippen LogP contribution in [0.4, 0.5) is 5.69 Å². The standard InChI is InChI=1S/C14H20N2O2/c17-16(18)14-9-7-12(8-10-14)11-15-13-5-3-1-2-4-6-13/h7-10,13,15H,1-6,11H2. The average Bonchev–Trinajstić information content (AvgIpc) is 2.65. The van der Waals surface area contributed by atoms with Crippen molar-refractivity contribution in [1.29, 1.82) is 0 Å². The quantitative estimate of drug-likeness (QED) is 0.504. The fourth-order valence-electron chi connectivity index (χ4n) is 2.48. The van der Waals surface area contributed by atoms with Gasteiger partial charge in [0, 0.05) is 24.7 Å². The molecule has 0 atom stereocenters. The van der Waals surface area contributed by atoms with E-state index in [1.807, 2.05) is 12.1 Å². The summed E-state index contributed by atoms with van der Waals surface area (Å²) in [6, 6.07) is 7.43. The lowest BCUT2D eigenvalue weighted by atomic mass is 10.1. The third kappa shape index (κ3) is 3.81. The minimum Gasteiger partial charge on any atom is -0.310 e. The molecule has 0 bridgehead atoms. The summed E-state index contributed by atoms with van der Waals surface area (Å²) in [5.41, 5.74) is 1.28. The Hall–Kier alpha value is -1.42. The molecule has 0 aromatic heterocycles. The molecule has 4 heteroatoms. The van der Waals surface area contributed by atoms with Gasteiger partial charge in [-0.05, 0) is 18.4 Å². The van der Waals surface area contributed by atoms with E-state index in [9.17, 15) is 10.1 Å². The normalized spacial score (nSPS) is 17.3. The van der Waals surface area contributed by atoms with Gasteiger partial charge in [-0.2, -0.15) is 0 Å². The summed E-state index contributed by atoms with van der Waals surface area (Å²) in [5, 5.41) is 14.1. The van der Waals surface area contributed by atoms with Crippen LogP contribution < -0.4 is 5.32 Å². The number of rotatable bonds is 4. The summed E-state index contributed by atoms with van der Waals surface area (Å²) in [6.45, 7) is 0.808. The van der Waals surface area contributed by atoms with Crippen molar-refractivity contribution in [3.8, 4) is 0 Å². The van der Waals surface area contributed by atoms with Crippen molar-refractivity contribution in [2.45, 2.75) is 51.1 Å². The van der Waals surface area contributed by atoms with Crippen LogP contribution >= 0.6 is 0 Å². The van der Waals surface area contributed by atoms with Crippen LogP contribution in [0.15, 0.2) is 24.3 Å². The summed E-state index contributed by atoms with van der Waals surface area (Å²) in [7, 11) is 0. The number of nitro groups is 1. The zero-order valence-corrected chi connectivity index (χ0v) is 10.6. The predicted molar refractivity (Wildman–Crippen MR) is 71.4 cm³/mol. The molecule has 0 radical (unpaired) electrons. The van der Waals surface area contributed by atoms with Crippen LogP contribution in [0.3, 0.4) is 0 Å². The van der Waals surface area contributed by atoms with E-state index in [4.69, 9.17) is 0 Å². The third-order valence-corrected chi connectivity index (χ3v) is 3.60. The van der Waals surface area contributed by atoms with Crippen molar-refractivity contribution in [1.82, 2.24) is 5.32 Å². The van der Waals surface area contributed by atoms with Crippen molar-refractivity contribution < 1.29 is 4.92 Å². The summed E-state index contributed by atoms with van der Waals surface area (Å²) >= 11 is 0. The second-order valence-electron chi connectivity index (χ2n) is 4.99. The molecule has 1 aromatic rings. The van der Waals surface area contributed by atoms with E-state index in [1.54, 1.807) is 12.1 Å². The van der Waals surface area contributed by atoms with Gasteiger partial charge in [-0.15, -0.1) is 0 Å². The van der Waals surface area contributed by atoms with Crippen molar-refractivity contribution in [2.75, 3.05) is 0 Å². The van der Waals surface area contributed by atoms with Crippen molar-refractivity contribution in [3.63, 3.8) is 0 Å². The van der Waals surface area contributed by atoms with Gasteiger partial charge >= 0.3 is 0 Å². The second kappa shape index (κ2) is 6.50. The van der Waals surface area contributed by atoms with Gasteiger partial charge in [0.2, 0.25) is 0 Å². The lowest BCUT2D eigenvalue weighted by Crippen LogP contribution is -2.27. The number of hydrogen-bond acceptors (Lipinski definition) is 3. The maximum absolute atomic E-state index is 10.5. The van der Waals surface area contributed by atoms with Crippen LogP contribution in [-0.4, -0.2) is 11.0 Å². The van der Waals surface area contributed by atoms with Crippen LogP contribution in [0.25, 0.3) is 0 Å². The lowest BCUT2D eigenvalue weighted by molar-refractivity contribution is -0.384. The van der Waals surface area contributed by atoms with Gasteiger partial charge in [-0.25, -0.2) is 0 Å². The van der Waals surface area contributed by atoms with E-state index in [0.29, 0.717) is 6.04 Å². The number of non-ortho nitro benzene ring substituents is 1. The Labute approximate surface area is 108 Å². The fraction of sp³-hybridized carbons (Fsp3) is 0.571. The average molecular weight is 248 g/mol. The first kappa shape index (κ1) is 13.0. The lowest BCUT2D eigenvalue weighted by Gasteiger charge is -2.16. The van der Waals surface area contributed by atoms with E-state index in [2.05, 4.69) is 5.32 Å². The third-order valence-electron chi connectivity index (χ3n) is 3.60. The molecular weight excluding hydrogens is 228 g/mol. The zero-order chi connectivity index (χ0) is 12.8. The number of nitrogens with one attached hydrogen (secondary N) is 1. The van der Waals surface area contributed by atoms with Crippen LogP contribution in [0, 0.1) is 10.1 Å². The predicted octanol–water partition coefficient (Wildman–Crippen LogP) is 3.41. The molecular formula is C14H20N2O2. The molecule has 0 unspecified atom stereocenters. The molecule has 0 spiro atoms. The van der Waals surface area contributed by atoms with Crippen LogP contribution in [-0.2, 0) is 6.54 Å². The van der Waals surface area contributed by atoms with Gasteiger partial charge in [0.05, 0.1) is 4.92 Å². The van der Waals surface area contributed by atoms with E-state index in [-0.39, 0.29) is 10.6 Å². The maximum Gasteiger partial charge on any atom is 0.269 e. The Kier molecular flexibility index (Phi) is 4.70. The molecule has 1 N–H and O–H groups in total. The molecule has 4 nitrogen and oxygen atoms in total. The topological polar surface area (TPSA) is 55.2 Å². The van der Waals surface area contributed by atoms with E-state index in [1.165, 1.54) is 38.5 Å². The molecule has 0 aliphatic heterocycles. The Morgan fingerprint density at radius 3 is 2.28 bits per heavy atom. The van der Waals surface area contributed by atoms with Gasteiger partial charge in [0.15, 0.2) is 0 Å². The van der Waals surface area contributed by atoms with Gasteiger partial charge in [0.25, 0.3) is 5.69 Å². The van der Waals surface area contributed by atoms with Gasteiger partial charge in [-0.3, -0.25) is 10.1 Å². The van der Waals surface area contributed by atoms with Crippen molar-refractivity contribution in [3.05, 3.63) is 39.9 Å². The molecule has 1 aliphatic rings. The fourth-order valence-corrected chi connectivity index (χ4v) is 2.48. The highest BCUT2D eigenvalue weighted by molar-refractivity contribution is 5.32. The minimum absolute atomic E-state index is 0.160. The Morgan fingerprint density at radius 1 is 1.11 bits per heavy atom. The molecule has 1 saturated carbocycles. The second-order valence-corrected chi connectivity index (χ2v) is 4.99. The summed E-state index contributed by atoms with van der Waals surface area (Å²) < 4.78 is 0. The number of nitrogens with zero attached hydrogens (tertiary/aromatic N) is 1. The maximum atomic E-state index is 10.5. The first-order valence-electron chi connectivity index (χ1n) is 6.72. The molecule has 1 aliphatic carbocycles. The molecule has 1 fully saturated rings. The highest BCUT2D eigenvalue weighted by atomic mass is 16.6. The van der Waals surface area contributed by atoms with Crippen LogP contribution in [0.5, 0.6) is 0 Å². The Balaban J connectivity index is 1.83. The first-order chi connectivity index (χ1) is 8.75. The monoisotopic (exact) mass is 248 g/mol. The zero-order valence-electron chi connectivity index (χ0n) is 10.6. The van der Waals surface area contributed by atoms with Crippen molar-refractivity contribution in [2.24, 2.45) is 0 Å².